The summed E-state index contributed by atoms with van der Waals surface area (Å²) in [5.74, 6) is 0. The summed E-state index contributed by atoms with van der Waals surface area (Å²) in [5.41, 5.74) is 2.07. The molecule has 2 rings (SSSR count). The Morgan fingerprint density at radius 1 is 1.38 bits per heavy atom. The third kappa shape index (κ3) is 4.11. The molecule has 5 heteroatoms. The van der Waals surface area contributed by atoms with E-state index in [-0.39, 0.29) is 6.04 Å². The molecule has 0 fully saturated rings. The van der Waals surface area contributed by atoms with Crippen LogP contribution in [0.4, 0.5) is 0 Å². The lowest BCUT2D eigenvalue weighted by atomic mass is 10.1. The van der Waals surface area contributed by atoms with Crippen LogP contribution in [0.3, 0.4) is 0 Å². The van der Waals surface area contributed by atoms with Crippen molar-refractivity contribution in [2.24, 2.45) is 0 Å². The van der Waals surface area contributed by atoms with Crippen LogP contribution in [0.25, 0.3) is 0 Å². The number of aromatic nitrogens is 2. The first kappa shape index (κ1) is 16.1. The Bertz CT molecular complexity index is 549. The van der Waals surface area contributed by atoms with Crippen LogP contribution >= 0.6 is 11.6 Å². The highest BCUT2D eigenvalue weighted by atomic mass is 35.5. The maximum absolute atomic E-state index is 6.13. The molecule has 0 saturated heterocycles. The normalized spacial score (nSPS) is 14.3. The van der Waals surface area contributed by atoms with Crippen LogP contribution in [0.15, 0.2) is 29.0 Å². The van der Waals surface area contributed by atoms with E-state index in [0.717, 1.165) is 37.1 Å². The third-order valence-electron chi connectivity index (χ3n) is 3.78. The van der Waals surface area contributed by atoms with E-state index < -0.39 is 0 Å². The second-order valence-electron chi connectivity index (χ2n) is 5.40. The maximum Gasteiger partial charge on any atom is 0.197 e. The molecule has 0 spiro atoms. The number of nitrogens with one attached hydrogen (secondary N) is 1. The molecular formula is C16H24ClN3O. The zero-order valence-electron chi connectivity index (χ0n) is 13.0. The molecular weight excluding hydrogens is 286 g/mol. The lowest BCUT2D eigenvalue weighted by molar-refractivity contribution is 0.464. The number of furan rings is 1. The van der Waals surface area contributed by atoms with Crippen molar-refractivity contribution >= 4 is 11.6 Å². The van der Waals surface area contributed by atoms with Gasteiger partial charge in [-0.1, -0.05) is 13.8 Å². The summed E-state index contributed by atoms with van der Waals surface area (Å²) in [6.07, 6.45) is 6.65. The molecule has 0 aliphatic carbocycles. The first-order valence-corrected chi connectivity index (χ1v) is 8.03. The van der Waals surface area contributed by atoms with Gasteiger partial charge in [-0.25, -0.2) is 0 Å². The molecule has 0 aliphatic heterocycles. The zero-order chi connectivity index (χ0) is 15.2. The van der Waals surface area contributed by atoms with Gasteiger partial charge in [0.1, 0.15) is 0 Å². The van der Waals surface area contributed by atoms with Gasteiger partial charge in [0.25, 0.3) is 0 Å². The second-order valence-corrected chi connectivity index (χ2v) is 5.75. The van der Waals surface area contributed by atoms with Crippen molar-refractivity contribution in [3.8, 4) is 0 Å². The molecule has 0 saturated carbocycles. The highest BCUT2D eigenvalue weighted by Gasteiger charge is 2.18. The van der Waals surface area contributed by atoms with Gasteiger partial charge in [0.2, 0.25) is 0 Å². The summed E-state index contributed by atoms with van der Waals surface area (Å²) in [7, 11) is 0. The number of rotatable bonds is 8. The fourth-order valence-electron chi connectivity index (χ4n) is 2.29. The van der Waals surface area contributed by atoms with Crippen LogP contribution in [-0.4, -0.2) is 16.3 Å². The smallest absolute Gasteiger partial charge is 0.197 e. The van der Waals surface area contributed by atoms with E-state index in [9.17, 15) is 0 Å². The van der Waals surface area contributed by atoms with E-state index in [0.29, 0.717) is 11.3 Å². The van der Waals surface area contributed by atoms with Crippen molar-refractivity contribution < 1.29 is 4.42 Å². The van der Waals surface area contributed by atoms with Crippen molar-refractivity contribution in [2.45, 2.75) is 52.1 Å². The zero-order valence-corrected chi connectivity index (χ0v) is 13.7. The van der Waals surface area contributed by atoms with Gasteiger partial charge in [-0.3, -0.25) is 4.68 Å². The average molecular weight is 310 g/mol. The van der Waals surface area contributed by atoms with E-state index in [1.54, 1.807) is 6.26 Å². The fraction of sp³-hybridized carbons (Fsp3) is 0.562. The lowest BCUT2D eigenvalue weighted by Gasteiger charge is -2.16. The Kier molecular flexibility index (Phi) is 5.88. The molecule has 0 amide bonds. The minimum absolute atomic E-state index is 0.136. The van der Waals surface area contributed by atoms with Crippen molar-refractivity contribution in [1.82, 2.24) is 15.1 Å². The molecule has 4 nitrogen and oxygen atoms in total. The molecule has 0 bridgehead atoms. The van der Waals surface area contributed by atoms with Crippen molar-refractivity contribution in [1.29, 1.82) is 0 Å². The predicted molar refractivity (Wildman–Crippen MR) is 85.7 cm³/mol. The van der Waals surface area contributed by atoms with Gasteiger partial charge in [0.05, 0.1) is 12.0 Å². The number of halogens is 1. The van der Waals surface area contributed by atoms with Crippen LogP contribution in [0.5, 0.6) is 0 Å². The molecule has 1 N–H and O–H groups in total. The van der Waals surface area contributed by atoms with E-state index in [4.69, 9.17) is 16.0 Å². The Labute approximate surface area is 131 Å². The standard InChI is InChI=1S/C16H24ClN3O/c1-4-8-18-15(14-7-10-21-16(14)17)11-13-6-9-20(19-13)12(3)5-2/h6-7,9-10,12,15,18H,4-5,8,11H2,1-3H3. The van der Waals surface area contributed by atoms with E-state index in [1.165, 1.54) is 0 Å². The lowest BCUT2D eigenvalue weighted by Crippen LogP contribution is -2.24. The molecule has 2 aromatic rings. The summed E-state index contributed by atoms with van der Waals surface area (Å²) < 4.78 is 7.25. The molecule has 2 heterocycles. The monoisotopic (exact) mass is 309 g/mol. The third-order valence-corrected chi connectivity index (χ3v) is 4.09. The highest BCUT2D eigenvalue weighted by molar-refractivity contribution is 6.29. The fourth-order valence-corrected chi connectivity index (χ4v) is 2.54. The number of hydrogen-bond donors (Lipinski definition) is 1. The first-order chi connectivity index (χ1) is 10.2. The van der Waals surface area contributed by atoms with Crippen LogP contribution in [0.2, 0.25) is 5.22 Å². The minimum Gasteiger partial charge on any atom is -0.453 e. The van der Waals surface area contributed by atoms with Gasteiger partial charge in [-0.2, -0.15) is 5.10 Å². The van der Waals surface area contributed by atoms with Crippen LogP contribution in [-0.2, 0) is 6.42 Å². The Hall–Kier alpha value is -1.26. The van der Waals surface area contributed by atoms with E-state index in [1.807, 2.05) is 10.7 Å². The van der Waals surface area contributed by atoms with Gasteiger partial charge in [0.15, 0.2) is 5.22 Å². The largest absolute Gasteiger partial charge is 0.453 e. The molecule has 0 aliphatic rings. The Balaban J connectivity index is 2.11. The molecule has 2 unspecified atom stereocenters. The van der Waals surface area contributed by atoms with Crippen molar-refractivity contribution in [3.63, 3.8) is 0 Å². The van der Waals surface area contributed by atoms with Crippen molar-refractivity contribution in [3.05, 3.63) is 41.1 Å². The van der Waals surface area contributed by atoms with E-state index in [2.05, 4.69) is 43.4 Å². The van der Waals surface area contributed by atoms with Crippen LogP contribution < -0.4 is 5.32 Å². The van der Waals surface area contributed by atoms with E-state index >= 15 is 0 Å². The molecule has 116 valence electrons. The van der Waals surface area contributed by atoms with Crippen molar-refractivity contribution in [2.75, 3.05) is 6.54 Å². The predicted octanol–water partition coefficient (Wildman–Crippen LogP) is 4.38. The summed E-state index contributed by atoms with van der Waals surface area (Å²) in [5, 5.41) is 8.65. The minimum atomic E-state index is 0.136. The molecule has 21 heavy (non-hydrogen) atoms. The number of hydrogen-bond acceptors (Lipinski definition) is 3. The second kappa shape index (κ2) is 7.66. The van der Waals surface area contributed by atoms with Gasteiger partial charge >= 0.3 is 0 Å². The van der Waals surface area contributed by atoms with Crippen LogP contribution in [0.1, 0.15) is 57.0 Å². The molecule has 2 aromatic heterocycles. The molecule has 0 radical (unpaired) electrons. The maximum atomic E-state index is 6.13. The first-order valence-electron chi connectivity index (χ1n) is 7.66. The summed E-state index contributed by atoms with van der Waals surface area (Å²) in [6.45, 7) is 7.44. The average Bonchev–Trinajstić information content (AvgIpc) is 3.11. The SMILES string of the molecule is CCCNC(Cc1ccn(C(C)CC)n1)c1ccoc1Cl. The quantitative estimate of drug-likeness (QED) is 0.786. The van der Waals surface area contributed by atoms with Crippen LogP contribution in [0, 0.1) is 0 Å². The number of nitrogens with zero attached hydrogens (tertiary/aromatic N) is 2. The molecule has 2 atom stereocenters. The topological polar surface area (TPSA) is 43.0 Å². The van der Waals surface area contributed by atoms with Gasteiger partial charge in [-0.05, 0) is 50.0 Å². The Morgan fingerprint density at radius 3 is 2.81 bits per heavy atom. The summed E-state index contributed by atoms with van der Waals surface area (Å²) in [4.78, 5) is 0. The summed E-state index contributed by atoms with van der Waals surface area (Å²) >= 11 is 6.13. The van der Waals surface area contributed by atoms with Gasteiger partial charge in [0, 0.05) is 30.3 Å². The van der Waals surface area contributed by atoms with Gasteiger partial charge in [-0.15, -0.1) is 0 Å². The summed E-state index contributed by atoms with van der Waals surface area (Å²) in [6, 6.07) is 4.58. The Morgan fingerprint density at radius 2 is 2.19 bits per heavy atom. The van der Waals surface area contributed by atoms with Gasteiger partial charge < -0.3 is 9.73 Å². The highest BCUT2D eigenvalue weighted by Crippen LogP contribution is 2.26. The molecule has 0 aromatic carbocycles.